The summed E-state index contributed by atoms with van der Waals surface area (Å²) in [6, 6.07) is 21.1. The van der Waals surface area contributed by atoms with E-state index in [9.17, 15) is 19.2 Å². The number of ketones is 1. The SMILES string of the molecule is CC(=O)c1ccc(C(=O)Nc2nc3cc(N(C)C(=O)c4ccccc4)ccc3n2CCCN2CCCC2=O)cc1. The second-order valence-electron chi connectivity index (χ2n) is 9.92. The van der Waals surface area contributed by atoms with Crippen LogP contribution >= 0.6 is 0 Å². The number of anilines is 2. The molecule has 0 atom stereocenters. The molecule has 3 aromatic carbocycles. The van der Waals surface area contributed by atoms with Crippen molar-refractivity contribution in [2.45, 2.75) is 32.7 Å². The van der Waals surface area contributed by atoms with Gasteiger partial charge in [-0.3, -0.25) is 24.5 Å². The Morgan fingerprint density at radius 2 is 1.65 bits per heavy atom. The fourth-order valence-corrected chi connectivity index (χ4v) is 4.93. The Morgan fingerprint density at radius 3 is 2.33 bits per heavy atom. The van der Waals surface area contributed by atoms with Crippen LogP contribution in [0.2, 0.25) is 0 Å². The molecule has 9 nitrogen and oxygen atoms in total. The lowest BCUT2D eigenvalue weighted by Crippen LogP contribution is -2.26. The Bertz CT molecular complexity index is 1580. The quantitative estimate of drug-likeness (QED) is 0.310. The van der Waals surface area contributed by atoms with Crippen molar-refractivity contribution < 1.29 is 19.2 Å². The van der Waals surface area contributed by atoms with Gasteiger partial charge in [-0.1, -0.05) is 30.3 Å². The summed E-state index contributed by atoms with van der Waals surface area (Å²) in [5.74, 6) is -0.0155. The van der Waals surface area contributed by atoms with Gasteiger partial charge in [0.1, 0.15) is 0 Å². The number of fused-ring (bicyclic) bond motifs is 1. The first-order valence-electron chi connectivity index (χ1n) is 13.4. The maximum Gasteiger partial charge on any atom is 0.258 e. The van der Waals surface area contributed by atoms with Crippen molar-refractivity contribution in [1.82, 2.24) is 14.5 Å². The van der Waals surface area contributed by atoms with E-state index >= 15 is 0 Å². The first kappa shape index (κ1) is 26.8. The molecule has 0 bridgehead atoms. The molecule has 204 valence electrons. The number of amides is 3. The van der Waals surface area contributed by atoms with Crippen LogP contribution in [0.5, 0.6) is 0 Å². The van der Waals surface area contributed by atoms with Crippen molar-refractivity contribution in [3.05, 3.63) is 89.5 Å². The van der Waals surface area contributed by atoms with E-state index in [1.807, 2.05) is 45.9 Å². The summed E-state index contributed by atoms with van der Waals surface area (Å²) in [7, 11) is 1.72. The highest BCUT2D eigenvalue weighted by atomic mass is 16.2. The minimum Gasteiger partial charge on any atom is -0.343 e. The van der Waals surface area contributed by atoms with Gasteiger partial charge in [0.2, 0.25) is 11.9 Å². The Morgan fingerprint density at radius 1 is 0.925 bits per heavy atom. The van der Waals surface area contributed by atoms with Crippen LogP contribution in [0.15, 0.2) is 72.8 Å². The van der Waals surface area contributed by atoms with Gasteiger partial charge in [0.15, 0.2) is 5.78 Å². The molecular formula is C31H31N5O4. The third-order valence-corrected chi connectivity index (χ3v) is 7.20. The summed E-state index contributed by atoms with van der Waals surface area (Å²) < 4.78 is 1.93. The Labute approximate surface area is 232 Å². The molecule has 5 rings (SSSR count). The van der Waals surface area contributed by atoms with Crippen molar-refractivity contribution in [3.8, 4) is 0 Å². The summed E-state index contributed by atoms with van der Waals surface area (Å²) >= 11 is 0. The number of nitrogens with one attached hydrogen (secondary N) is 1. The van der Waals surface area contributed by atoms with Gasteiger partial charge in [-0.15, -0.1) is 0 Å². The van der Waals surface area contributed by atoms with Gasteiger partial charge in [0, 0.05) is 55.5 Å². The standard InChI is InChI=1S/C31H31N5O4/c1-21(37)22-11-13-23(14-12-22)29(39)33-31-32-26-20-25(34(2)30(40)24-8-4-3-5-9-24)15-16-27(26)36(31)19-7-18-35-17-6-10-28(35)38/h3-5,8-9,11-16,20H,6-7,10,17-19H2,1-2H3,(H,32,33,39). The maximum absolute atomic E-state index is 13.1. The number of likely N-dealkylation sites (tertiary alicyclic amines) is 1. The molecule has 1 aliphatic rings. The number of Topliss-reactive ketones (excluding diaryl/α,β-unsaturated/α-hetero) is 1. The lowest BCUT2D eigenvalue weighted by molar-refractivity contribution is -0.127. The molecule has 0 unspecified atom stereocenters. The zero-order chi connectivity index (χ0) is 28.2. The lowest BCUT2D eigenvalue weighted by atomic mass is 10.1. The van der Waals surface area contributed by atoms with Crippen molar-refractivity contribution >= 4 is 46.2 Å². The summed E-state index contributed by atoms with van der Waals surface area (Å²) in [5.41, 5.74) is 3.62. The van der Waals surface area contributed by atoms with E-state index in [4.69, 9.17) is 4.98 Å². The molecule has 1 aliphatic heterocycles. The third kappa shape index (κ3) is 5.63. The molecule has 40 heavy (non-hydrogen) atoms. The number of aryl methyl sites for hydroxylation is 1. The van der Waals surface area contributed by atoms with Gasteiger partial charge in [0.05, 0.1) is 11.0 Å². The highest BCUT2D eigenvalue weighted by Gasteiger charge is 2.21. The molecule has 2 heterocycles. The molecule has 0 saturated carbocycles. The van der Waals surface area contributed by atoms with Crippen LogP contribution in [-0.2, 0) is 11.3 Å². The fourth-order valence-electron chi connectivity index (χ4n) is 4.93. The molecule has 1 aromatic heterocycles. The zero-order valence-electron chi connectivity index (χ0n) is 22.6. The summed E-state index contributed by atoms with van der Waals surface area (Å²) in [6.45, 7) is 3.42. The second kappa shape index (κ2) is 11.5. The van der Waals surface area contributed by atoms with Crippen molar-refractivity contribution in [1.29, 1.82) is 0 Å². The fraction of sp³-hybridized carbons (Fsp3) is 0.258. The van der Waals surface area contributed by atoms with E-state index in [1.54, 1.807) is 48.3 Å². The zero-order valence-corrected chi connectivity index (χ0v) is 22.6. The predicted octanol–water partition coefficient (Wildman–Crippen LogP) is 4.78. The van der Waals surface area contributed by atoms with Gasteiger partial charge < -0.3 is 14.4 Å². The van der Waals surface area contributed by atoms with E-state index in [0.29, 0.717) is 59.8 Å². The van der Waals surface area contributed by atoms with Crippen LogP contribution in [0, 0.1) is 0 Å². The lowest BCUT2D eigenvalue weighted by Gasteiger charge is -2.18. The average molecular weight is 538 g/mol. The molecule has 0 aliphatic carbocycles. The first-order chi connectivity index (χ1) is 19.3. The molecule has 0 spiro atoms. The number of aromatic nitrogens is 2. The number of carbonyl (C=O) groups excluding carboxylic acids is 4. The monoisotopic (exact) mass is 537 g/mol. The highest BCUT2D eigenvalue weighted by molar-refractivity contribution is 6.07. The molecule has 0 radical (unpaired) electrons. The minimum atomic E-state index is -0.349. The summed E-state index contributed by atoms with van der Waals surface area (Å²) in [6.07, 6.45) is 2.17. The van der Waals surface area contributed by atoms with E-state index in [0.717, 1.165) is 18.5 Å². The van der Waals surface area contributed by atoms with Gasteiger partial charge in [0.25, 0.3) is 11.8 Å². The number of carbonyl (C=O) groups is 4. The normalized spacial score (nSPS) is 13.1. The van der Waals surface area contributed by atoms with Crippen LogP contribution in [0.3, 0.4) is 0 Å². The molecule has 1 saturated heterocycles. The number of imidazole rings is 1. The highest BCUT2D eigenvalue weighted by Crippen LogP contribution is 2.27. The molecule has 4 aromatic rings. The molecule has 9 heteroatoms. The van der Waals surface area contributed by atoms with E-state index in [1.165, 1.54) is 6.92 Å². The van der Waals surface area contributed by atoms with Crippen molar-refractivity contribution in [2.24, 2.45) is 0 Å². The Hall–Kier alpha value is -4.79. The molecule has 3 amide bonds. The topological polar surface area (TPSA) is 105 Å². The van der Waals surface area contributed by atoms with Crippen molar-refractivity contribution in [3.63, 3.8) is 0 Å². The van der Waals surface area contributed by atoms with Gasteiger partial charge in [-0.2, -0.15) is 0 Å². The molecule has 1 fully saturated rings. The molecule has 1 N–H and O–H groups in total. The van der Waals surface area contributed by atoms with Crippen LogP contribution in [0.1, 0.15) is 57.3 Å². The van der Waals surface area contributed by atoms with Crippen LogP contribution in [0.4, 0.5) is 11.6 Å². The van der Waals surface area contributed by atoms with E-state index < -0.39 is 0 Å². The van der Waals surface area contributed by atoms with Crippen LogP contribution in [-0.4, -0.2) is 58.1 Å². The smallest absolute Gasteiger partial charge is 0.258 e. The average Bonchev–Trinajstić information content (AvgIpc) is 3.54. The van der Waals surface area contributed by atoms with Crippen molar-refractivity contribution in [2.75, 3.05) is 30.4 Å². The molecular weight excluding hydrogens is 506 g/mol. The van der Waals surface area contributed by atoms with Gasteiger partial charge in [-0.05, 0) is 62.2 Å². The Kier molecular flexibility index (Phi) is 7.72. The Balaban J connectivity index is 1.42. The van der Waals surface area contributed by atoms with Crippen LogP contribution < -0.4 is 10.2 Å². The van der Waals surface area contributed by atoms with Gasteiger partial charge in [-0.25, -0.2) is 4.98 Å². The van der Waals surface area contributed by atoms with E-state index in [-0.39, 0.29) is 23.5 Å². The second-order valence-corrected chi connectivity index (χ2v) is 9.92. The summed E-state index contributed by atoms with van der Waals surface area (Å²) in [5, 5.41) is 2.92. The third-order valence-electron chi connectivity index (χ3n) is 7.20. The summed E-state index contributed by atoms with van der Waals surface area (Å²) in [4.78, 5) is 58.0. The number of benzene rings is 3. The number of hydrogen-bond donors (Lipinski definition) is 1. The number of nitrogens with zero attached hydrogens (tertiary/aromatic N) is 4. The van der Waals surface area contributed by atoms with Crippen LogP contribution in [0.25, 0.3) is 11.0 Å². The first-order valence-corrected chi connectivity index (χ1v) is 13.4. The largest absolute Gasteiger partial charge is 0.343 e. The number of rotatable bonds is 9. The number of hydrogen-bond acceptors (Lipinski definition) is 5. The minimum absolute atomic E-state index is 0.0725. The maximum atomic E-state index is 13.1. The van der Waals surface area contributed by atoms with E-state index in [2.05, 4.69) is 5.32 Å². The predicted molar refractivity (Wildman–Crippen MR) is 154 cm³/mol. The van der Waals surface area contributed by atoms with Gasteiger partial charge >= 0.3 is 0 Å².